The number of carbonyl (C=O) groups is 2. The van der Waals surface area contributed by atoms with Crippen molar-refractivity contribution in [2.24, 2.45) is 5.92 Å². The molecule has 0 saturated carbocycles. The molecule has 1 aromatic rings. The minimum Gasteiger partial charge on any atom is -0.465 e. The summed E-state index contributed by atoms with van der Waals surface area (Å²) in [6, 6.07) is 4.79. The third-order valence-corrected chi connectivity index (χ3v) is 5.48. The second-order valence-electron chi connectivity index (χ2n) is 7.58. The van der Waals surface area contributed by atoms with Crippen LogP contribution in [0.4, 0.5) is 0 Å². The predicted octanol–water partition coefficient (Wildman–Crippen LogP) is 2.45. The molecule has 0 radical (unpaired) electrons. The lowest BCUT2D eigenvalue weighted by atomic mass is 9.81. The Bertz CT molecular complexity index is 817. The Morgan fingerprint density at radius 1 is 1.19 bits per heavy atom. The molecule has 1 fully saturated rings. The van der Waals surface area contributed by atoms with Crippen LogP contribution in [0.5, 0.6) is 11.5 Å². The maximum absolute atomic E-state index is 13.1. The van der Waals surface area contributed by atoms with Crippen LogP contribution in [0.2, 0.25) is 0 Å². The fourth-order valence-corrected chi connectivity index (χ4v) is 3.74. The number of carbonyl (C=O) groups excluding carboxylic acids is 2. The van der Waals surface area contributed by atoms with E-state index < -0.39 is 41.3 Å². The highest BCUT2D eigenvalue weighted by Crippen LogP contribution is 2.37. The van der Waals surface area contributed by atoms with Crippen molar-refractivity contribution in [1.29, 1.82) is 0 Å². The number of ketones is 1. The van der Waals surface area contributed by atoms with Crippen LogP contribution in [-0.4, -0.2) is 55.1 Å². The second-order valence-corrected chi connectivity index (χ2v) is 7.58. The van der Waals surface area contributed by atoms with Gasteiger partial charge < -0.3 is 23.7 Å². The Morgan fingerprint density at radius 3 is 2.52 bits per heavy atom. The molecule has 170 valence electrons. The fourth-order valence-electron chi connectivity index (χ4n) is 3.74. The maximum Gasteiger partial charge on any atom is 0.317 e. The summed E-state index contributed by atoms with van der Waals surface area (Å²) < 4.78 is 27.0. The lowest BCUT2D eigenvalue weighted by Crippen LogP contribution is -2.35. The van der Waals surface area contributed by atoms with Crippen LogP contribution in [0.15, 0.2) is 18.2 Å². The molecule has 0 amide bonds. The lowest BCUT2D eigenvalue weighted by Gasteiger charge is -2.23. The van der Waals surface area contributed by atoms with E-state index >= 15 is 0 Å². The first-order chi connectivity index (χ1) is 14.8. The van der Waals surface area contributed by atoms with Crippen molar-refractivity contribution in [1.82, 2.24) is 0 Å². The van der Waals surface area contributed by atoms with Crippen molar-refractivity contribution in [2.45, 2.75) is 58.0 Å². The largest absolute Gasteiger partial charge is 0.465 e. The van der Waals surface area contributed by atoms with Crippen molar-refractivity contribution in [3.05, 3.63) is 33.9 Å². The number of nitro groups is 1. The Labute approximate surface area is 179 Å². The summed E-state index contributed by atoms with van der Waals surface area (Å²) >= 11 is 0. The standard InChI is InChI=1S/C21H27NO9/c1-4-27-21(24)20(16(23)6-8-19-30-12(2)13(3)31-19)15(10-22(25)26)14-5-7-17-18(9-14)29-11-28-17/h5,7,9,12-13,15,19-20H,4,6,8,10-11H2,1-3H3. The zero-order chi connectivity index (χ0) is 22.5. The van der Waals surface area contributed by atoms with Gasteiger partial charge in [0.05, 0.1) is 24.7 Å². The average molecular weight is 437 g/mol. The molecule has 0 aliphatic carbocycles. The van der Waals surface area contributed by atoms with Gasteiger partial charge in [0.15, 0.2) is 17.8 Å². The first-order valence-corrected chi connectivity index (χ1v) is 10.3. The Kier molecular flexibility index (Phi) is 7.45. The van der Waals surface area contributed by atoms with Crippen LogP contribution in [-0.2, 0) is 23.8 Å². The maximum atomic E-state index is 13.1. The highest BCUT2D eigenvalue weighted by Gasteiger charge is 2.41. The van der Waals surface area contributed by atoms with Gasteiger partial charge in [-0.1, -0.05) is 6.07 Å². The molecule has 0 bridgehead atoms. The van der Waals surface area contributed by atoms with Crippen LogP contribution in [0.1, 0.15) is 45.1 Å². The number of Topliss-reactive ketones (excluding diaryl/α,β-unsaturated/α-hetero) is 1. The topological polar surface area (TPSA) is 123 Å². The molecule has 10 nitrogen and oxygen atoms in total. The normalized spacial score (nSPS) is 23.9. The minimum atomic E-state index is -1.33. The first-order valence-electron chi connectivity index (χ1n) is 10.3. The van der Waals surface area contributed by atoms with E-state index in [1.54, 1.807) is 25.1 Å². The molecule has 0 aromatic heterocycles. The lowest BCUT2D eigenvalue weighted by molar-refractivity contribution is -0.484. The Morgan fingerprint density at radius 2 is 1.87 bits per heavy atom. The Balaban J connectivity index is 1.83. The molecule has 31 heavy (non-hydrogen) atoms. The fraction of sp³-hybridized carbons (Fsp3) is 0.619. The molecular weight excluding hydrogens is 410 g/mol. The van der Waals surface area contributed by atoms with Gasteiger partial charge in [-0.05, 0) is 38.5 Å². The molecule has 10 heteroatoms. The second kappa shape index (κ2) is 10.1. The van der Waals surface area contributed by atoms with Crippen molar-refractivity contribution in [3.8, 4) is 11.5 Å². The van der Waals surface area contributed by atoms with Crippen LogP contribution in [0.25, 0.3) is 0 Å². The molecule has 2 aliphatic rings. The molecular formula is C21H27NO9. The van der Waals surface area contributed by atoms with E-state index in [1.807, 2.05) is 13.8 Å². The summed E-state index contributed by atoms with van der Waals surface area (Å²) in [6.45, 7) is 4.85. The van der Waals surface area contributed by atoms with Gasteiger partial charge in [0.2, 0.25) is 13.3 Å². The van der Waals surface area contributed by atoms with E-state index in [0.717, 1.165) is 0 Å². The summed E-state index contributed by atoms with van der Waals surface area (Å²) in [4.78, 5) is 36.7. The third-order valence-electron chi connectivity index (χ3n) is 5.48. The number of rotatable bonds is 10. The number of hydrogen-bond donors (Lipinski definition) is 0. The van der Waals surface area contributed by atoms with Gasteiger partial charge in [-0.25, -0.2) is 0 Å². The first kappa shape index (κ1) is 23.0. The van der Waals surface area contributed by atoms with Gasteiger partial charge in [0.25, 0.3) is 0 Å². The number of hydrogen-bond acceptors (Lipinski definition) is 9. The molecule has 1 aromatic carbocycles. The van der Waals surface area contributed by atoms with E-state index in [2.05, 4.69) is 0 Å². The molecule has 0 spiro atoms. The van der Waals surface area contributed by atoms with Crippen LogP contribution in [0.3, 0.4) is 0 Å². The van der Waals surface area contributed by atoms with Crippen LogP contribution >= 0.6 is 0 Å². The number of benzene rings is 1. The zero-order valence-electron chi connectivity index (χ0n) is 17.8. The molecule has 2 heterocycles. The van der Waals surface area contributed by atoms with Gasteiger partial charge in [-0.3, -0.25) is 19.7 Å². The summed E-state index contributed by atoms with van der Waals surface area (Å²) in [5.74, 6) is -2.67. The van der Waals surface area contributed by atoms with E-state index in [0.29, 0.717) is 17.1 Å². The molecule has 3 rings (SSSR count). The van der Waals surface area contributed by atoms with Crippen molar-refractivity contribution < 1.29 is 38.2 Å². The highest BCUT2D eigenvalue weighted by atomic mass is 16.7. The van der Waals surface area contributed by atoms with Crippen LogP contribution in [0, 0.1) is 16.0 Å². The third kappa shape index (κ3) is 5.50. The van der Waals surface area contributed by atoms with Gasteiger partial charge in [-0.2, -0.15) is 0 Å². The summed E-state index contributed by atoms with van der Waals surface area (Å²) in [5.41, 5.74) is 0.433. The molecule has 4 unspecified atom stereocenters. The SMILES string of the molecule is CCOC(=O)C(C(=O)CCC1OC(C)C(C)O1)C(C[N+](=O)[O-])c1ccc2c(c1)OCO2. The smallest absolute Gasteiger partial charge is 0.317 e. The highest BCUT2D eigenvalue weighted by molar-refractivity contribution is 6.00. The van der Waals surface area contributed by atoms with Crippen molar-refractivity contribution in [3.63, 3.8) is 0 Å². The molecule has 2 aliphatic heterocycles. The van der Waals surface area contributed by atoms with Gasteiger partial charge in [0, 0.05) is 17.8 Å². The quantitative estimate of drug-likeness (QED) is 0.235. The minimum absolute atomic E-state index is 0.0354. The van der Waals surface area contributed by atoms with Gasteiger partial charge in [0.1, 0.15) is 11.7 Å². The summed E-state index contributed by atoms with van der Waals surface area (Å²) in [5, 5.41) is 11.4. The van der Waals surface area contributed by atoms with E-state index in [-0.39, 0.29) is 38.4 Å². The monoisotopic (exact) mass is 437 g/mol. The van der Waals surface area contributed by atoms with Crippen molar-refractivity contribution in [2.75, 3.05) is 19.9 Å². The summed E-state index contributed by atoms with van der Waals surface area (Å²) in [6.07, 6.45) is -0.549. The Hall–Kier alpha value is -2.72. The van der Waals surface area contributed by atoms with E-state index in [9.17, 15) is 19.7 Å². The van der Waals surface area contributed by atoms with Crippen LogP contribution < -0.4 is 9.47 Å². The number of fused-ring (bicyclic) bond motifs is 1. The molecule has 0 N–H and O–H groups in total. The average Bonchev–Trinajstić information content (AvgIpc) is 3.31. The number of nitrogens with zero attached hydrogens (tertiary/aromatic N) is 1. The zero-order valence-corrected chi connectivity index (χ0v) is 17.8. The van der Waals surface area contributed by atoms with E-state index in [4.69, 9.17) is 23.7 Å². The number of ether oxygens (including phenoxy) is 5. The predicted molar refractivity (Wildman–Crippen MR) is 106 cm³/mol. The summed E-state index contributed by atoms with van der Waals surface area (Å²) in [7, 11) is 0. The van der Waals surface area contributed by atoms with Crippen molar-refractivity contribution >= 4 is 11.8 Å². The number of esters is 1. The van der Waals surface area contributed by atoms with Gasteiger partial charge in [-0.15, -0.1) is 0 Å². The van der Waals surface area contributed by atoms with E-state index in [1.165, 1.54) is 0 Å². The molecule has 1 saturated heterocycles. The van der Waals surface area contributed by atoms with Gasteiger partial charge >= 0.3 is 5.97 Å². The molecule has 4 atom stereocenters.